The van der Waals surface area contributed by atoms with E-state index in [0.29, 0.717) is 18.3 Å². The molecule has 0 saturated carbocycles. The molecule has 118 valence electrons. The highest BCUT2D eigenvalue weighted by Gasteiger charge is 2.24. The van der Waals surface area contributed by atoms with Crippen molar-refractivity contribution in [2.45, 2.75) is 70.2 Å². The predicted molar refractivity (Wildman–Crippen MR) is 78.0 cm³/mol. The molecule has 0 radical (unpaired) electrons. The maximum atomic E-state index is 5.92. The first-order valence-electron chi connectivity index (χ1n) is 8.31. The van der Waals surface area contributed by atoms with E-state index in [4.69, 9.17) is 18.9 Å². The summed E-state index contributed by atoms with van der Waals surface area (Å²) in [6, 6.07) is 0. The van der Waals surface area contributed by atoms with Gasteiger partial charge in [-0.15, -0.1) is 0 Å². The lowest BCUT2D eigenvalue weighted by Crippen LogP contribution is -2.16. The second-order valence-corrected chi connectivity index (χ2v) is 5.93. The molecule has 2 saturated heterocycles. The van der Waals surface area contributed by atoms with Gasteiger partial charge in [0.05, 0.1) is 32.5 Å². The minimum absolute atomic E-state index is 0.391. The number of unbranched alkanes of at least 4 members (excludes halogenated alkanes) is 3. The summed E-state index contributed by atoms with van der Waals surface area (Å²) < 4.78 is 21.7. The van der Waals surface area contributed by atoms with E-state index in [9.17, 15) is 0 Å². The lowest BCUT2D eigenvalue weighted by atomic mass is 10.1. The number of ether oxygens (including phenoxy) is 4. The Labute approximate surface area is 123 Å². The van der Waals surface area contributed by atoms with Crippen molar-refractivity contribution in [2.75, 3.05) is 33.0 Å². The van der Waals surface area contributed by atoms with Crippen LogP contribution in [0.15, 0.2) is 0 Å². The van der Waals surface area contributed by atoms with Crippen LogP contribution in [0, 0.1) is 0 Å². The molecule has 2 aliphatic heterocycles. The zero-order valence-electron chi connectivity index (χ0n) is 12.9. The van der Waals surface area contributed by atoms with Crippen molar-refractivity contribution in [2.24, 2.45) is 0 Å². The van der Waals surface area contributed by atoms with Gasteiger partial charge in [-0.25, -0.2) is 0 Å². The van der Waals surface area contributed by atoms with Gasteiger partial charge < -0.3 is 18.9 Å². The maximum absolute atomic E-state index is 5.92. The molecule has 4 nitrogen and oxygen atoms in total. The van der Waals surface area contributed by atoms with Gasteiger partial charge in [-0.1, -0.05) is 32.6 Å². The molecule has 0 spiro atoms. The Morgan fingerprint density at radius 3 is 2.35 bits per heavy atom. The van der Waals surface area contributed by atoms with E-state index in [1.807, 2.05) is 0 Å². The number of hydrogen-bond acceptors (Lipinski definition) is 4. The van der Waals surface area contributed by atoms with Crippen LogP contribution in [0.1, 0.15) is 51.9 Å². The SMILES string of the molecule is CCCC(CCCCCCOCC1CO1)OCC1CO1. The predicted octanol–water partition coefficient (Wildman–Crippen LogP) is 2.94. The van der Waals surface area contributed by atoms with Gasteiger partial charge in [0.25, 0.3) is 0 Å². The van der Waals surface area contributed by atoms with Crippen LogP contribution in [0.5, 0.6) is 0 Å². The standard InChI is InChI=1S/C16H30O4/c1-2-7-14(18-12-16-13-20-16)8-5-3-4-6-9-17-10-15-11-19-15/h14-16H,2-13H2,1H3. The van der Waals surface area contributed by atoms with Gasteiger partial charge in [-0.05, 0) is 19.3 Å². The summed E-state index contributed by atoms with van der Waals surface area (Å²) in [5.41, 5.74) is 0. The highest BCUT2D eigenvalue weighted by Crippen LogP contribution is 2.16. The molecule has 0 aromatic heterocycles. The van der Waals surface area contributed by atoms with E-state index < -0.39 is 0 Å². The average molecular weight is 286 g/mol. The van der Waals surface area contributed by atoms with E-state index in [-0.39, 0.29) is 0 Å². The zero-order chi connectivity index (χ0) is 14.0. The van der Waals surface area contributed by atoms with Crippen LogP contribution in [0.4, 0.5) is 0 Å². The van der Waals surface area contributed by atoms with E-state index in [2.05, 4.69) is 6.92 Å². The molecule has 3 unspecified atom stereocenters. The number of epoxide rings is 2. The van der Waals surface area contributed by atoms with Crippen LogP contribution in [0.25, 0.3) is 0 Å². The fraction of sp³-hybridized carbons (Fsp3) is 1.00. The molecule has 0 amide bonds. The van der Waals surface area contributed by atoms with Gasteiger partial charge in [-0.2, -0.15) is 0 Å². The first kappa shape index (κ1) is 16.2. The van der Waals surface area contributed by atoms with Crippen LogP contribution in [0.3, 0.4) is 0 Å². The second kappa shape index (κ2) is 9.72. The summed E-state index contributed by atoms with van der Waals surface area (Å²) in [5.74, 6) is 0. The van der Waals surface area contributed by atoms with Crippen molar-refractivity contribution < 1.29 is 18.9 Å². The van der Waals surface area contributed by atoms with E-state index in [1.54, 1.807) is 0 Å². The Hall–Kier alpha value is -0.160. The Morgan fingerprint density at radius 2 is 1.65 bits per heavy atom. The van der Waals surface area contributed by atoms with E-state index in [0.717, 1.165) is 33.0 Å². The molecule has 0 bridgehead atoms. The van der Waals surface area contributed by atoms with Gasteiger partial charge in [0.2, 0.25) is 0 Å². The van der Waals surface area contributed by atoms with Gasteiger partial charge in [-0.3, -0.25) is 0 Å². The molecule has 0 aromatic rings. The topological polar surface area (TPSA) is 43.5 Å². The summed E-state index contributed by atoms with van der Waals surface area (Å²) >= 11 is 0. The molecule has 2 aliphatic rings. The third-order valence-electron chi connectivity index (χ3n) is 3.80. The second-order valence-electron chi connectivity index (χ2n) is 5.93. The highest BCUT2D eigenvalue weighted by atomic mass is 16.6. The van der Waals surface area contributed by atoms with Crippen LogP contribution in [0.2, 0.25) is 0 Å². The largest absolute Gasteiger partial charge is 0.379 e. The molecule has 3 atom stereocenters. The van der Waals surface area contributed by atoms with E-state index in [1.165, 1.54) is 44.9 Å². The number of rotatable bonds is 14. The Balaban J connectivity index is 1.36. The molecule has 0 aliphatic carbocycles. The normalized spacial score (nSPS) is 25.6. The summed E-state index contributed by atoms with van der Waals surface area (Å²) in [6.07, 6.45) is 9.78. The van der Waals surface area contributed by atoms with Crippen LogP contribution < -0.4 is 0 Å². The van der Waals surface area contributed by atoms with Crippen LogP contribution in [-0.4, -0.2) is 51.3 Å². The van der Waals surface area contributed by atoms with Crippen molar-refractivity contribution >= 4 is 0 Å². The van der Waals surface area contributed by atoms with Gasteiger partial charge in [0.1, 0.15) is 12.2 Å². The maximum Gasteiger partial charge on any atom is 0.104 e. The minimum Gasteiger partial charge on any atom is -0.379 e. The van der Waals surface area contributed by atoms with Crippen molar-refractivity contribution in [1.29, 1.82) is 0 Å². The van der Waals surface area contributed by atoms with Crippen molar-refractivity contribution in [3.8, 4) is 0 Å². The smallest absolute Gasteiger partial charge is 0.104 e. The van der Waals surface area contributed by atoms with Gasteiger partial charge >= 0.3 is 0 Å². The van der Waals surface area contributed by atoms with Crippen LogP contribution >= 0.6 is 0 Å². The number of hydrogen-bond donors (Lipinski definition) is 0. The van der Waals surface area contributed by atoms with Gasteiger partial charge in [0, 0.05) is 6.61 Å². The van der Waals surface area contributed by atoms with Crippen molar-refractivity contribution in [3.05, 3.63) is 0 Å². The Morgan fingerprint density at radius 1 is 0.950 bits per heavy atom. The Kier molecular flexibility index (Phi) is 7.88. The summed E-state index contributed by atoms with van der Waals surface area (Å²) in [4.78, 5) is 0. The molecule has 4 heteroatoms. The molecule has 2 rings (SSSR count). The fourth-order valence-electron chi connectivity index (χ4n) is 2.35. The zero-order valence-corrected chi connectivity index (χ0v) is 12.9. The first-order valence-corrected chi connectivity index (χ1v) is 8.31. The average Bonchev–Trinajstić information content (AvgIpc) is 3.33. The lowest BCUT2D eigenvalue weighted by molar-refractivity contribution is 0.0298. The lowest BCUT2D eigenvalue weighted by Gasteiger charge is -2.16. The quantitative estimate of drug-likeness (QED) is 0.364. The van der Waals surface area contributed by atoms with E-state index >= 15 is 0 Å². The summed E-state index contributed by atoms with van der Waals surface area (Å²) in [5, 5.41) is 0. The summed E-state index contributed by atoms with van der Waals surface area (Å²) in [6.45, 7) is 6.48. The molecular formula is C16H30O4. The molecule has 20 heavy (non-hydrogen) atoms. The monoisotopic (exact) mass is 286 g/mol. The molecule has 2 fully saturated rings. The third kappa shape index (κ3) is 8.20. The van der Waals surface area contributed by atoms with Crippen molar-refractivity contribution in [1.82, 2.24) is 0 Å². The van der Waals surface area contributed by atoms with Gasteiger partial charge in [0.15, 0.2) is 0 Å². The molecule has 0 N–H and O–H groups in total. The first-order chi connectivity index (χ1) is 9.88. The fourth-order valence-corrected chi connectivity index (χ4v) is 2.35. The molecule has 0 aromatic carbocycles. The molecule has 2 heterocycles. The Bertz CT molecular complexity index is 239. The minimum atomic E-state index is 0.391. The third-order valence-corrected chi connectivity index (χ3v) is 3.80. The highest BCUT2D eigenvalue weighted by molar-refractivity contribution is 4.69. The molecular weight excluding hydrogens is 256 g/mol. The van der Waals surface area contributed by atoms with Crippen LogP contribution in [-0.2, 0) is 18.9 Å². The van der Waals surface area contributed by atoms with Crippen molar-refractivity contribution in [3.63, 3.8) is 0 Å². The summed E-state index contributed by atoms with van der Waals surface area (Å²) in [7, 11) is 0.